The van der Waals surface area contributed by atoms with Gasteiger partial charge in [0.05, 0.1) is 0 Å². The van der Waals surface area contributed by atoms with E-state index in [-0.39, 0.29) is 23.6 Å². The first-order valence-electron chi connectivity index (χ1n) is 7.22. The highest BCUT2D eigenvalue weighted by Crippen LogP contribution is 2.14. The Hall–Kier alpha value is -2.96. The van der Waals surface area contributed by atoms with Gasteiger partial charge in [-0.2, -0.15) is 0 Å². The first-order chi connectivity index (χ1) is 10.9. The summed E-state index contributed by atoms with van der Waals surface area (Å²) in [6, 6.07) is 8.56. The van der Waals surface area contributed by atoms with Gasteiger partial charge < -0.3 is 16.0 Å². The minimum absolute atomic E-state index is 0.145. The summed E-state index contributed by atoms with van der Waals surface area (Å²) < 4.78 is 0. The fourth-order valence-corrected chi connectivity index (χ4v) is 1.85. The van der Waals surface area contributed by atoms with Crippen LogP contribution in [0.2, 0.25) is 0 Å². The molecule has 2 rings (SSSR count). The molecule has 0 aliphatic rings. The molecule has 0 atom stereocenters. The van der Waals surface area contributed by atoms with Crippen LogP contribution in [0.15, 0.2) is 36.5 Å². The summed E-state index contributed by atoms with van der Waals surface area (Å²) >= 11 is 0. The van der Waals surface area contributed by atoms with Crippen LogP contribution in [0.25, 0.3) is 0 Å². The Morgan fingerprint density at radius 3 is 2.17 bits per heavy atom. The quantitative estimate of drug-likeness (QED) is 0.788. The summed E-state index contributed by atoms with van der Waals surface area (Å²) in [5.41, 5.74) is 1.55. The van der Waals surface area contributed by atoms with Crippen LogP contribution in [0.5, 0.6) is 0 Å². The van der Waals surface area contributed by atoms with E-state index in [2.05, 4.69) is 25.9 Å². The molecule has 0 radical (unpaired) electrons. The normalized spacial score (nSPS) is 10.3. The number of carbonyl (C=O) groups is 2. The maximum absolute atomic E-state index is 12.2. The van der Waals surface area contributed by atoms with Crippen LogP contribution in [-0.2, 0) is 4.79 Å². The van der Waals surface area contributed by atoms with Crippen molar-refractivity contribution in [1.29, 1.82) is 0 Å². The molecule has 120 valence electrons. The van der Waals surface area contributed by atoms with E-state index in [0.717, 1.165) is 0 Å². The molecule has 0 aliphatic heterocycles. The van der Waals surface area contributed by atoms with Crippen molar-refractivity contribution in [3.8, 4) is 0 Å². The summed E-state index contributed by atoms with van der Waals surface area (Å²) in [6.07, 6.45) is 1.53. The van der Waals surface area contributed by atoms with Crippen LogP contribution >= 0.6 is 0 Å². The second kappa shape index (κ2) is 7.35. The lowest BCUT2D eigenvalue weighted by Crippen LogP contribution is -2.17. The van der Waals surface area contributed by atoms with Crippen molar-refractivity contribution < 1.29 is 9.59 Å². The van der Waals surface area contributed by atoms with E-state index in [1.807, 2.05) is 13.8 Å². The third-order valence-corrected chi connectivity index (χ3v) is 2.77. The Bertz CT molecular complexity index is 698. The minimum atomic E-state index is -0.327. The SMILES string of the molecule is CC(=O)Nc1ccc(NC(=O)c2ccnc(NC(C)C)n2)cc1. The lowest BCUT2D eigenvalue weighted by Gasteiger charge is -2.09. The summed E-state index contributed by atoms with van der Waals surface area (Å²) in [5.74, 6) is -0.0620. The Balaban J connectivity index is 2.05. The minimum Gasteiger partial charge on any atom is -0.352 e. The molecule has 0 saturated heterocycles. The zero-order valence-electron chi connectivity index (χ0n) is 13.3. The number of benzene rings is 1. The molecule has 2 amide bonds. The van der Waals surface area contributed by atoms with Crippen molar-refractivity contribution in [3.63, 3.8) is 0 Å². The Morgan fingerprint density at radius 1 is 1.00 bits per heavy atom. The molecule has 0 spiro atoms. The molecule has 0 fully saturated rings. The molecule has 0 aliphatic carbocycles. The first kappa shape index (κ1) is 16.4. The van der Waals surface area contributed by atoms with Gasteiger partial charge in [-0.05, 0) is 44.2 Å². The molecular weight excluding hydrogens is 294 g/mol. The summed E-state index contributed by atoms with van der Waals surface area (Å²) in [5, 5.41) is 8.46. The summed E-state index contributed by atoms with van der Waals surface area (Å²) in [4.78, 5) is 31.4. The molecule has 0 saturated carbocycles. The van der Waals surface area contributed by atoms with Gasteiger partial charge in [0.1, 0.15) is 5.69 Å². The lowest BCUT2D eigenvalue weighted by molar-refractivity contribution is -0.114. The molecule has 3 N–H and O–H groups in total. The van der Waals surface area contributed by atoms with Gasteiger partial charge >= 0.3 is 0 Å². The summed E-state index contributed by atoms with van der Waals surface area (Å²) in [7, 11) is 0. The fourth-order valence-electron chi connectivity index (χ4n) is 1.85. The van der Waals surface area contributed by atoms with Crippen LogP contribution in [-0.4, -0.2) is 27.8 Å². The van der Waals surface area contributed by atoms with Crippen molar-refractivity contribution in [2.45, 2.75) is 26.8 Å². The van der Waals surface area contributed by atoms with Gasteiger partial charge in [0.25, 0.3) is 5.91 Å². The smallest absolute Gasteiger partial charge is 0.274 e. The number of amides is 2. The van der Waals surface area contributed by atoms with E-state index in [1.165, 1.54) is 13.1 Å². The molecule has 1 aromatic carbocycles. The van der Waals surface area contributed by atoms with Gasteiger partial charge in [0.15, 0.2) is 0 Å². The first-order valence-corrected chi connectivity index (χ1v) is 7.22. The van der Waals surface area contributed by atoms with Gasteiger partial charge in [0.2, 0.25) is 11.9 Å². The maximum Gasteiger partial charge on any atom is 0.274 e. The zero-order valence-corrected chi connectivity index (χ0v) is 13.3. The Morgan fingerprint density at radius 2 is 1.61 bits per heavy atom. The number of hydrogen-bond donors (Lipinski definition) is 3. The topological polar surface area (TPSA) is 96.0 Å². The van der Waals surface area contributed by atoms with Gasteiger partial charge in [-0.15, -0.1) is 0 Å². The van der Waals surface area contributed by atoms with Crippen LogP contribution < -0.4 is 16.0 Å². The predicted molar refractivity (Wildman–Crippen MR) is 89.5 cm³/mol. The number of nitrogens with zero attached hydrogens (tertiary/aromatic N) is 2. The molecule has 7 heteroatoms. The van der Waals surface area contributed by atoms with Crippen LogP contribution in [0.4, 0.5) is 17.3 Å². The monoisotopic (exact) mass is 313 g/mol. The van der Waals surface area contributed by atoms with Crippen molar-refractivity contribution in [3.05, 3.63) is 42.2 Å². The zero-order chi connectivity index (χ0) is 16.8. The number of aromatic nitrogens is 2. The van der Waals surface area contributed by atoms with E-state index in [1.54, 1.807) is 30.3 Å². The molecule has 1 aromatic heterocycles. The van der Waals surface area contributed by atoms with E-state index >= 15 is 0 Å². The number of hydrogen-bond acceptors (Lipinski definition) is 5. The summed E-state index contributed by atoms with van der Waals surface area (Å²) in [6.45, 7) is 5.37. The van der Waals surface area contributed by atoms with Crippen LogP contribution in [0, 0.1) is 0 Å². The highest BCUT2D eigenvalue weighted by Gasteiger charge is 2.10. The van der Waals surface area contributed by atoms with Crippen molar-refractivity contribution in [2.75, 3.05) is 16.0 Å². The molecule has 1 heterocycles. The van der Waals surface area contributed by atoms with Crippen LogP contribution in [0.3, 0.4) is 0 Å². The Kier molecular flexibility index (Phi) is 5.24. The average Bonchev–Trinajstić information content (AvgIpc) is 2.48. The molecule has 7 nitrogen and oxygen atoms in total. The van der Waals surface area contributed by atoms with E-state index < -0.39 is 0 Å². The van der Waals surface area contributed by atoms with Crippen LogP contribution in [0.1, 0.15) is 31.3 Å². The fraction of sp³-hybridized carbons (Fsp3) is 0.250. The van der Waals surface area contributed by atoms with E-state index in [0.29, 0.717) is 17.3 Å². The van der Waals surface area contributed by atoms with Crippen molar-refractivity contribution in [2.24, 2.45) is 0 Å². The highest BCUT2D eigenvalue weighted by atomic mass is 16.2. The molecule has 0 bridgehead atoms. The molecule has 2 aromatic rings. The second-order valence-corrected chi connectivity index (χ2v) is 5.28. The van der Waals surface area contributed by atoms with Crippen molar-refractivity contribution >= 4 is 29.1 Å². The standard InChI is InChI=1S/C16H19N5O2/c1-10(2)18-16-17-9-8-14(21-16)15(23)20-13-6-4-12(5-7-13)19-11(3)22/h4-10H,1-3H3,(H,19,22)(H,20,23)(H,17,18,21). The second-order valence-electron chi connectivity index (χ2n) is 5.28. The predicted octanol–water partition coefficient (Wildman–Crippen LogP) is 2.51. The average molecular weight is 313 g/mol. The van der Waals surface area contributed by atoms with Gasteiger partial charge in [-0.3, -0.25) is 9.59 Å². The van der Waals surface area contributed by atoms with Crippen molar-refractivity contribution in [1.82, 2.24) is 9.97 Å². The number of carbonyl (C=O) groups excluding carboxylic acids is 2. The third-order valence-electron chi connectivity index (χ3n) is 2.77. The lowest BCUT2D eigenvalue weighted by atomic mass is 10.2. The van der Waals surface area contributed by atoms with Gasteiger partial charge in [-0.25, -0.2) is 9.97 Å². The maximum atomic E-state index is 12.2. The number of anilines is 3. The Labute approximate surface area is 134 Å². The number of rotatable bonds is 5. The van der Waals surface area contributed by atoms with E-state index in [9.17, 15) is 9.59 Å². The largest absolute Gasteiger partial charge is 0.352 e. The highest BCUT2D eigenvalue weighted by molar-refractivity contribution is 6.03. The molecule has 23 heavy (non-hydrogen) atoms. The van der Waals surface area contributed by atoms with Gasteiger partial charge in [0, 0.05) is 30.5 Å². The third kappa shape index (κ3) is 5.06. The molecule has 0 unspecified atom stereocenters. The molecular formula is C16H19N5O2. The number of nitrogens with one attached hydrogen (secondary N) is 3. The van der Waals surface area contributed by atoms with Gasteiger partial charge in [-0.1, -0.05) is 0 Å². The van der Waals surface area contributed by atoms with E-state index in [4.69, 9.17) is 0 Å².